The number of amides is 2. The molecule has 0 saturated heterocycles. The predicted molar refractivity (Wildman–Crippen MR) is 111 cm³/mol. The lowest BCUT2D eigenvalue weighted by atomic mass is 9.91. The molecule has 6 heteroatoms. The van der Waals surface area contributed by atoms with Crippen LogP contribution >= 0.6 is 11.6 Å². The fourth-order valence-corrected chi connectivity index (χ4v) is 4.20. The van der Waals surface area contributed by atoms with Gasteiger partial charge >= 0.3 is 0 Å². The van der Waals surface area contributed by atoms with Crippen molar-refractivity contribution >= 4 is 29.1 Å². The van der Waals surface area contributed by atoms with E-state index in [9.17, 15) is 9.59 Å². The van der Waals surface area contributed by atoms with Crippen LogP contribution in [0.25, 0.3) is 0 Å². The summed E-state index contributed by atoms with van der Waals surface area (Å²) in [5.41, 5.74) is 9.27. The second-order valence-corrected chi connectivity index (χ2v) is 8.58. The summed E-state index contributed by atoms with van der Waals surface area (Å²) >= 11 is 6.00. The lowest BCUT2D eigenvalue weighted by molar-refractivity contribution is 0.0642. The number of anilines is 1. The van der Waals surface area contributed by atoms with Gasteiger partial charge in [0.15, 0.2) is 0 Å². The van der Waals surface area contributed by atoms with Crippen LogP contribution in [0.2, 0.25) is 5.02 Å². The molecule has 2 amide bonds. The van der Waals surface area contributed by atoms with E-state index in [-0.39, 0.29) is 35.2 Å². The normalized spacial score (nSPS) is 17.4. The van der Waals surface area contributed by atoms with E-state index in [1.807, 2.05) is 12.1 Å². The van der Waals surface area contributed by atoms with Crippen molar-refractivity contribution in [2.24, 2.45) is 0 Å². The Balaban J connectivity index is 1.51. The largest absolute Gasteiger partial charge is 0.398 e. The zero-order chi connectivity index (χ0) is 20.1. The van der Waals surface area contributed by atoms with Crippen molar-refractivity contribution in [1.82, 2.24) is 9.80 Å². The molecule has 0 spiro atoms. The molecule has 2 aliphatic rings. The van der Waals surface area contributed by atoms with Gasteiger partial charge in [-0.1, -0.05) is 35.9 Å². The van der Waals surface area contributed by atoms with Crippen molar-refractivity contribution in [1.29, 1.82) is 0 Å². The molecule has 2 aromatic carbocycles. The first kappa shape index (κ1) is 19.0. The van der Waals surface area contributed by atoms with Gasteiger partial charge in [0.25, 0.3) is 11.8 Å². The van der Waals surface area contributed by atoms with E-state index in [2.05, 4.69) is 31.1 Å². The number of nitrogens with zero attached hydrogens (tertiary/aromatic N) is 2. The highest BCUT2D eigenvalue weighted by atomic mass is 35.5. The number of nitrogens with two attached hydrogens (primary N) is 1. The van der Waals surface area contributed by atoms with E-state index < -0.39 is 0 Å². The molecule has 146 valence electrons. The van der Waals surface area contributed by atoms with E-state index >= 15 is 0 Å². The van der Waals surface area contributed by atoms with Crippen molar-refractivity contribution in [3.8, 4) is 0 Å². The number of hydrogen-bond acceptors (Lipinski definition) is 4. The summed E-state index contributed by atoms with van der Waals surface area (Å²) < 4.78 is 0. The van der Waals surface area contributed by atoms with Crippen molar-refractivity contribution < 1.29 is 9.59 Å². The van der Waals surface area contributed by atoms with E-state index in [0.29, 0.717) is 10.4 Å². The second kappa shape index (κ2) is 6.90. The smallest absolute Gasteiger partial charge is 0.263 e. The van der Waals surface area contributed by atoms with Crippen LogP contribution in [-0.2, 0) is 12.0 Å². The van der Waals surface area contributed by atoms with E-state index in [0.717, 1.165) is 18.5 Å². The SMILES string of the molecule is CN(C)CCC1(c2ccc(CN3C(=O)c4cc(Cl)cc(N)c4C3=O)cc2)CC1. The van der Waals surface area contributed by atoms with Crippen LogP contribution in [0.4, 0.5) is 5.69 Å². The van der Waals surface area contributed by atoms with Crippen LogP contribution in [0.3, 0.4) is 0 Å². The number of carbonyl (C=O) groups is 2. The third kappa shape index (κ3) is 3.29. The summed E-state index contributed by atoms with van der Waals surface area (Å²) in [4.78, 5) is 28.9. The Labute approximate surface area is 170 Å². The van der Waals surface area contributed by atoms with Crippen molar-refractivity contribution in [2.45, 2.75) is 31.2 Å². The first-order chi connectivity index (χ1) is 13.3. The summed E-state index contributed by atoms with van der Waals surface area (Å²) in [6.45, 7) is 1.30. The van der Waals surface area contributed by atoms with Crippen LogP contribution in [-0.4, -0.2) is 42.3 Å². The standard InChI is InChI=1S/C22H24ClN3O2/c1-25(2)10-9-22(7-8-22)15-5-3-14(4-6-15)13-26-20(27)17-11-16(23)12-18(24)19(17)21(26)28/h3-6,11-12H,7-10,13,24H2,1-2H3. The zero-order valence-electron chi connectivity index (χ0n) is 16.2. The molecule has 5 nitrogen and oxygen atoms in total. The maximum Gasteiger partial charge on any atom is 0.263 e. The second-order valence-electron chi connectivity index (χ2n) is 8.14. The highest BCUT2D eigenvalue weighted by molar-refractivity contribution is 6.33. The van der Waals surface area contributed by atoms with E-state index in [1.165, 1.54) is 35.4 Å². The van der Waals surface area contributed by atoms with Gasteiger partial charge in [0.1, 0.15) is 0 Å². The summed E-state index contributed by atoms with van der Waals surface area (Å²) in [6.07, 6.45) is 3.59. The summed E-state index contributed by atoms with van der Waals surface area (Å²) in [5.74, 6) is -0.703. The van der Waals surface area contributed by atoms with Gasteiger partial charge in [-0.05, 0) is 68.6 Å². The van der Waals surface area contributed by atoms with Gasteiger partial charge in [-0.3, -0.25) is 14.5 Å². The van der Waals surface area contributed by atoms with Gasteiger partial charge < -0.3 is 10.6 Å². The average molecular weight is 398 g/mol. The van der Waals surface area contributed by atoms with Gasteiger partial charge in [-0.15, -0.1) is 0 Å². The molecule has 0 bridgehead atoms. The van der Waals surface area contributed by atoms with Crippen LogP contribution in [0.5, 0.6) is 0 Å². The molecule has 2 N–H and O–H groups in total. The van der Waals surface area contributed by atoms with Crippen LogP contribution in [0.15, 0.2) is 36.4 Å². The molecule has 2 aromatic rings. The van der Waals surface area contributed by atoms with Gasteiger partial charge in [0.2, 0.25) is 0 Å². The Bertz CT molecular complexity index is 949. The minimum atomic E-state index is -0.358. The molecule has 1 fully saturated rings. The molecule has 0 atom stereocenters. The first-order valence-corrected chi connectivity index (χ1v) is 9.88. The summed E-state index contributed by atoms with van der Waals surface area (Å²) in [7, 11) is 4.20. The minimum Gasteiger partial charge on any atom is -0.398 e. The Morgan fingerprint density at radius 2 is 1.79 bits per heavy atom. The van der Waals surface area contributed by atoms with E-state index in [1.54, 1.807) is 0 Å². The Morgan fingerprint density at radius 1 is 1.11 bits per heavy atom. The number of nitrogen functional groups attached to an aromatic ring is 1. The van der Waals surface area contributed by atoms with Crippen molar-refractivity contribution in [3.63, 3.8) is 0 Å². The van der Waals surface area contributed by atoms with E-state index in [4.69, 9.17) is 17.3 Å². The average Bonchev–Trinajstić information content (AvgIpc) is 3.40. The van der Waals surface area contributed by atoms with Crippen LogP contribution < -0.4 is 5.73 Å². The Morgan fingerprint density at radius 3 is 2.39 bits per heavy atom. The molecule has 4 rings (SSSR count). The van der Waals surface area contributed by atoms with Gasteiger partial charge in [-0.2, -0.15) is 0 Å². The third-order valence-corrected chi connectivity index (χ3v) is 6.08. The quantitative estimate of drug-likeness (QED) is 0.596. The van der Waals surface area contributed by atoms with Crippen LogP contribution in [0, 0.1) is 0 Å². The van der Waals surface area contributed by atoms with Crippen molar-refractivity contribution in [3.05, 3.63) is 63.7 Å². The monoisotopic (exact) mass is 397 g/mol. The molecule has 0 unspecified atom stereocenters. The number of rotatable bonds is 6. The number of carbonyl (C=O) groups excluding carboxylic acids is 2. The van der Waals surface area contributed by atoms with Gasteiger partial charge in [0, 0.05) is 10.7 Å². The molecule has 1 aliphatic carbocycles. The highest BCUT2D eigenvalue weighted by Crippen LogP contribution is 2.51. The zero-order valence-corrected chi connectivity index (χ0v) is 16.9. The summed E-state index contributed by atoms with van der Waals surface area (Å²) in [5, 5.41) is 0.357. The lowest BCUT2D eigenvalue weighted by Gasteiger charge is -2.19. The molecule has 0 aromatic heterocycles. The topological polar surface area (TPSA) is 66.6 Å². The number of fused-ring (bicyclic) bond motifs is 1. The maximum absolute atomic E-state index is 12.7. The van der Waals surface area contributed by atoms with Gasteiger partial charge in [0.05, 0.1) is 17.7 Å². The lowest BCUT2D eigenvalue weighted by Crippen LogP contribution is -2.29. The molecule has 0 radical (unpaired) electrons. The Hall–Kier alpha value is -2.37. The third-order valence-electron chi connectivity index (χ3n) is 5.87. The molecule has 1 saturated carbocycles. The number of benzene rings is 2. The summed E-state index contributed by atoms with van der Waals surface area (Å²) in [6, 6.07) is 11.3. The maximum atomic E-state index is 12.7. The van der Waals surface area contributed by atoms with Crippen LogP contribution in [0.1, 0.15) is 51.1 Å². The number of halogens is 1. The predicted octanol–water partition coefficient (Wildman–Crippen LogP) is 3.70. The fraction of sp³-hybridized carbons (Fsp3) is 0.364. The number of imide groups is 1. The first-order valence-electron chi connectivity index (χ1n) is 9.50. The number of hydrogen-bond donors (Lipinski definition) is 1. The Kier molecular flexibility index (Phi) is 4.68. The van der Waals surface area contributed by atoms with Gasteiger partial charge in [-0.25, -0.2) is 0 Å². The molecular weight excluding hydrogens is 374 g/mol. The molecule has 28 heavy (non-hydrogen) atoms. The van der Waals surface area contributed by atoms with Crippen molar-refractivity contribution in [2.75, 3.05) is 26.4 Å². The molecule has 1 aliphatic heterocycles. The minimum absolute atomic E-state index is 0.231. The highest BCUT2D eigenvalue weighted by Gasteiger charge is 2.43. The molecular formula is C22H24ClN3O2. The molecule has 1 heterocycles. The fourth-order valence-electron chi connectivity index (χ4n) is 3.97.